The molecule has 9 heteroatoms. The third-order valence-electron chi connectivity index (χ3n) is 5.65. The van der Waals surface area contributed by atoms with Crippen LogP contribution in [-0.4, -0.2) is 47.7 Å². The van der Waals surface area contributed by atoms with E-state index < -0.39 is 17.2 Å². The maximum absolute atomic E-state index is 15.5. The number of hydrogen-bond acceptors (Lipinski definition) is 6. The van der Waals surface area contributed by atoms with Gasteiger partial charge in [0, 0.05) is 37.6 Å². The van der Waals surface area contributed by atoms with Gasteiger partial charge in [0.05, 0.1) is 32.9 Å². The molecule has 5 rings (SSSR count). The zero-order valence-corrected chi connectivity index (χ0v) is 16.9. The van der Waals surface area contributed by atoms with Crippen molar-refractivity contribution in [2.24, 2.45) is 4.99 Å². The van der Waals surface area contributed by atoms with E-state index in [4.69, 9.17) is 0 Å². The number of nitrogens with zero attached hydrogens (tertiary/aromatic N) is 3. The summed E-state index contributed by atoms with van der Waals surface area (Å²) < 4.78 is 17.2. The van der Waals surface area contributed by atoms with Gasteiger partial charge in [0.25, 0.3) is 0 Å². The summed E-state index contributed by atoms with van der Waals surface area (Å²) in [5.74, 6) is -1.84. The Morgan fingerprint density at radius 2 is 2.03 bits per heavy atom. The second-order valence-electron chi connectivity index (χ2n) is 7.69. The molecule has 0 spiro atoms. The second-order valence-corrected chi connectivity index (χ2v) is 8.55. The van der Waals surface area contributed by atoms with Crippen LogP contribution in [0.3, 0.4) is 0 Å². The van der Waals surface area contributed by atoms with Gasteiger partial charge in [0.1, 0.15) is 16.2 Å². The van der Waals surface area contributed by atoms with Crippen LogP contribution in [0.4, 0.5) is 10.1 Å². The predicted molar refractivity (Wildman–Crippen MR) is 112 cm³/mol. The minimum absolute atomic E-state index is 0.0747. The van der Waals surface area contributed by atoms with Crippen molar-refractivity contribution in [3.05, 3.63) is 38.4 Å². The third-order valence-corrected chi connectivity index (χ3v) is 6.60. The van der Waals surface area contributed by atoms with E-state index in [9.17, 15) is 14.7 Å². The maximum atomic E-state index is 15.5. The van der Waals surface area contributed by atoms with Crippen LogP contribution in [-0.2, 0) is 0 Å². The van der Waals surface area contributed by atoms with Gasteiger partial charge in [-0.15, -0.1) is 11.3 Å². The minimum Gasteiger partial charge on any atom is -0.477 e. The fourth-order valence-electron chi connectivity index (χ4n) is 4.73. The number of thiazole rings is 1. The maximum Gasteiger partial charge on any atom is 0.342 e. The summed E-state index contributed by atoms with van der Waals surface area (Å²) >= 11 is 1.19. The van der Waals surface area contributed by atoms with E-state index in [-0.39, 0.29) is 23.0 Å². The van der Waals surface area contributed by atoms with Crippen LogP contribution in [0, 0.1) is 5.82 Å². The van der Waals surface area contributed by atoms with Crippen LogP contribution in [0.1, 0.15) is 24.2 Å². The molecule has 2 atom stereocenters. The molecule has 4 aromatic rings. The predicted octanol–water partition coefficient (Wildman–Crippen LogP) is 2.10. The number of carbonyl (C=O) groups is 1. The third kappa shape index (κ3) is 2.34. The Balaban J connectivity index is 1.99. The molecule has 150 valence electrons. The summed E-state index contributed by atoms with van der Waals surface area (Å²) in [7, 11) is 1.63. The number of carboxylic acid groups (broad SMARTS) is 1. The van der Waals surface area contributed by atoms with Crippen molar-refractivity contribution >= 4 is 49.6 Å². The highest BCUT2D eigenvalue weighted by Gasteiger charge is 2.31. The average molecular weight is 414 g/mol. The van der Waals surface area contributed by atoms with Gasteiger partial charge in [-0.05, 0) is 19.9 Å². The van der Waals surface area contributed by atoms with Crippen LogP contribution in [0.15, 0.2) is 21.2 Å². The molecule has 0 aliphatic carbocycles. The standard InChI is InChI=1S/C20H19FN4O3S/c1-8-5-24(6-9(2)23-8)17-11(21)4-10-16-13(17)15(22-3)12-7-29-19(25(12)16)14(18(10)26)20(27)28/h4,7-9,23H,5-6H2,1-3H3,(H,27,28). The molecule has 3 aromatic heterocycles. The molecule has 1 aliphatic heterocycles. The van der Waals surface area contributed by atoms with Gasteiger partial charge in [-0.2, -0.15) is 0 Å². The van der Waals surface area contributed by atoms with Crippen LogP contribution in [0.5, 0.6) is 0 Å². The molecule has 2 N–H and O–H groups in total. The first-order valence-corrected chi connectivity index (χ1v) is 10.3. The number of anilines is 1. The summed E-state index contributed by atoms with van der Waals surface area (Å²) in [6, 6.07) is 1.54. The summed E-state index contributed by atoms with van der Waals surface area (Å²) in [4.78, 5) is 31.5. The molecule has 1 saturated heterocycles. The first kappa shape index (κ1) is 18.3. The number of rotatable bonds is 2. The Morgan fingerprint density at radius 3 is 2.66 bits per heavy atom. The first-order valence-electron chi connectivity index (χ1n) is 9.37. The molecule has 2 unspecified atom stereocenters. The molecule has 0 bridgehead atoms. The monoisotopic (exact) mass is 414 g/mol. The first-order chi connectivity index (χ1) is 13.8. The molecule has 1 aliphatic rings. The highest BCUT2D eigenvalue weighted by molar-refractivity contribution is 7.16. The van der Waals surface area contributed by atoms with Crippen LogP contribution in [0.25, 0.3) is 26.6 Å². The Bertz CT molecular complexity index is 1400. The van der Waals surface area contributed by atoms with E-state index in [1.54, 1.807) is 16.8 Å². The second kappa shape index (κ2) is 6.11. The summed E-state index contributed by atoms with van der Waals surface area (Å²) in [5.41, 5.74) is 0.677. The van der Waals surface area contributed by atoms with Gasteiger partial charge in [0.15, 0.2) is 0 Å². The number of pyridine rings is 1. The number of nitrogens with one attached hydrogen (secondary N) is 1. The quantitative estimate of drug-likeness (QED) is 0.525. The molecule has 7 nitrogen and oxygen atoms in total. The normalized spacial score (nSPS) is 21.2. The van der Waals surface area contributed by atoms with E-state index in [0.29, 0.717) is 45.4 Å². The van der Waals surface area contributed by atoms with Crippen molar-refractivity contribution in [3.63, 3.8) is 0 Å². The number of aromatic nitrogens is 1. The lowest BCUT2D eigenvalue weighted by molar-refractivity contribution is 0.0697. The van der Waals surface area contributed by atoms with Gasteiger partial charge in [-0.25, -0.2) is 9.18 Å². The van der Waals surface area contributed by atoms with Crippen molar-refractivity contribution in [2.75, 3.05) is 25.0 Å². The zero-order valence-electron chi connectivity index (χ0n) is 16.1. The molecule has 1 aromatic carbocycles. The van der Waals surface area contributed by atoms with Gasteiger partial charge < -0.3 is 15.3 Å². The highest BCUT2D eigenvalue weighted by atomic mass is 32.1. The van der Waals surface area contributed by atoms with Gasteiger partial charge in [-0.1, -0.05) is 0 Å². The van der Waals surface area contributed by atoms with Crippen LogP contribution < -0.4 is 21.0 Å². The number of hydrogen-bond donors (Lipinski definition) is 2. The van der Waals surface area contributed by atoms with Crippen LogP contribution in [0.2, 0.25) is 0 Å². The van der Waals surface area contributed by atoms with E-state index in [1.807, 2.05) is 18.7 Å². The lowest BCUT2D eigenvalue weighted by Crippen LogP contribution is -2.54. The average Bonchev–Trinajstić information content (AvgIpc) is 3.18. The van der Waals surface area contributed by atoms with Crippen molar-refractivity contribution in [2.45, 2.75) is 25.9 Å². The molecular weight excluding hydrogens is 395 g/mol. The summed E-state index contributed by atoms with van der Waals surface area (Å²) in [5, 5.41) is 16.1. The van der Waals surface area contributed by atoms with E-state index in [2.05, 4.69) is 10.3 Å². The van der Waals surface area contributed by atoms with E-state index in [0.717, 1.165) is 0 Å². The van der Waals surface area contributed by atoms with Gasteiger partial charge >= 0.3 is 5.97 Å². The van der Waals surface area contributed by atoms with Crippen molar-refractivity contribution in [1.29, 1.82) is 0 Å². The van der Waals surface area contributed by atoms with Gasteiger partial charge in [-0.3, -0.25) is 14.2 Å². The van der Waals surface area contributed by atoms with E-state index >= 15 is 4.39 Å². The molecule has 0 amide bonds. The van der Waals surface area contributed by atoms with E-state index in [1.165, 1.54) is 17.4 Å². The smallest absolute Gasteiger partial charge is 0.342 e. The van der Waals surface area contributed by atoms with Crippen molar-refractivity contribution in [3.8, 4) is 0 Å². The molecular formula is C20H19FN4O3S. The Morgan fingerprint density at radius 1 is 1.34 bits per heavy atom. The number of benzene rings is 1. The van der Waals surface area contributed by atoms with Crippen LogP contribution >= 0.6 is 11.3 Å². The fourth-order valence-corrected chi connectivity index (χ4v) is 5.77. The Hall–Kier alpha value is -2.78. The Kier molecular flexibility index (Phi) is 3.85. The molecule has 4 heterocycles. The zero-order chi connectivity index (χ0) is 20.6. The molecule has 0 radical (unpaired) electrons. The largest absolute Gasteiger partial charge is 0.477 e. The lowest BCUT2D eigenvalue weighted by Gasteiger charge is -2.38. The summed E-state index contributed by atoms with van der Waals surface area (Å²) in [6.07, 6.45) is 0. The lowest BCUT2D eigenvalue weighted by atomic mass is 10.0. The SMILES string of the molecule is CN=c1c2c(N3CC(C)NC(C)C3)c(F)cc3c(=O)c(C(=O)O)c4scc1n4c32. The number of aromatic carboxylic acids is 1. The molecule has 1 fully saturated rings. The molecule has 0 saturated carbocycles. The highest BCUT2D eigenvalue weighted by Crippen LogP contribution is 2.36. The Labute approximate surface area is 168 Å². The van der Waals surface area contributed by atoms with Gasteiger partial charge in [0.2, 0.25) is 5.43 Å². The molecule has 29 heavy (non-hydrogen) atoms. The minimum atomic E-state index is -1.31. The summed E-state index contributed by atoms with van der Waals surface area (Å²) in [6.45, 7) is 5.34. The van der Waals surface area contributed by atoms with Crippen molar-refractivity contribution in [1.82, 2.24) is 9.72 Å². The van der Waals surface area contributed by atoms with Crippen molar-refractivity contribution < 1.29 is 14.3 Å². The topological polar surface area (TPSA) is 86.4 Å². The number of halogens is 1. The number of piperazine rings is 1. The fraction of sp³-hybridized carbons (Fsp3) is 0.350. The number of carboxylic acids is 1.